The maximum atomic E-state index is 13.0. The zero-order valence-electron chi connectivity index (χ0n) is 54.5. The smallest absolute Gasteiger partial charge is 0.462 e. The van der Waals surface area contributed by atoms with Gasteiger partial charge in [-0.1, -0.05) is 261 Å². The fourth-order valence-corrected chi connectivity index (χ4v) is 11.2. The minimum atomic E-state index is -4.95. The summed E-state index contributed by atoms with van der Waals surface area (Å²) in [6.45, 7) is 13.9. The fraction of sp³-hybridized carbons (Fsp3) is 0.938. The van der Waals surface area contributed by atoms with Crippen molar-refractivity contribution in [2.24, 2.45) is 23.7 Å². The molecule has 0 radical (unpaired) electrons. The molecule has 0 aliphatic heterocycles. The second-order valence-corrected chi connectivity index (χ2v) is 28.1. The molecule has 0 amide bonds. The lowest BCUT2D eigenvalue weighted by Crippen LogP contribution is -2.30. The van der Waals surface area contributed by atoms with Crippen LogP contribution in [0.2, 0.25) is 0 Å². The number of rotatable bonds is 62. The number of aliphatic hydroxyl groups excluding tert-OH is 1. The third-order valence-electron chi connectivity index (χ3n) is 15.2. The molecule has 0 saturated carbocycles. The summed E-state index contributed by atoms with van der Waals surface area (Å²) < 4.78 is 68.0. The van der Waals surface area contributed by atoms with E-state index >= 15 is 0 Å². The van der Waals surface area contributed by atoms with E-state index in [1.807, 2.05) is 0 Å². The van der Waals surface area contributed by atoms with E-state index in [0.717, 1.165) is 115 Å². The molecule has 0 aliphatic rings. The van der Waals surface area contributed by atoms with Crippen LogP contribution in [0.1, 0.15) is 312 Å². The second kappa shape index (κ2) is 55.2. The number of hydrogen-bond acceptors (Lipinski definition) is 15. The lowest BCUT2D eigenvalue weighted by atomic mass is 10.00. The van der Waals surface area contributed by atoms with Crippen LogP contribution in [-0.4, -0.2) is 96.7 Å². The Hall–Kier alpha value is -1.94. The van der Waals surface area contributed by atoms with Crippen molar-refractivity contribution in [2.75, 3.05) is 39.6 Å². The van der Waals surface area contributed by atoms with Gasteiger partial charge in [-0.05, 0) is 49.4 Å². The molecule has 3 N–H and O–H groups in total. The highest BCUT2D eigenvalue weighted by molar-refractivity contribution is 7.47. The Labute approximate surface area is 511 Å². The number of phosphoric ester groups is 2. The lowest BCUT2D eigenvalue weighted by Gasteiger charge is -2.21. The molecule has 19 heteroatoms. The average molecular weight is 1240 g/mol. The van der Waals surface area contributed by atoms with E-state index in [4.69, 9.17) is 37.0 Å². The molecule has 17 nitrogen and oxygen atoms in total. The van der Waals surface area contributed by atoms with E-state index < -0.39 is 97.5 Å². The molecule has 498 valence electrons. The van der Waals surface area contributed by atoms with Gasteiger partial charge >= 0.3 is 39.5 Å². The van der Waals surface area contributed by atoms with Crippen molar-refractivity contribution in [1.29, 1.82) is 0 Å². The summed E-state index contributed by atoms with van der Waals surface area (Å²) in [5.74, 6) is 0.740. The Balaban J connectivity index is 5.23. The van der Waals surface area contributed by atoms with Gasteiger partial charge in [0.15, 0.2) is 12.2 Å². The minimum Gasteiger partial charge on any atom is -0.462 e. The normalized spacial score (nSPS) is 14.7. The highest BCUT2D eigenvalue weighted by Gasteiger charge is 2.30. The number of phosphoric acid groups is 2. The van der Waals surface area contributed by atoms with Crippen molar-refractivity contribution in [3.8, 4) is 0 Å². The lowest BCUT2D eigenvalue weighted by molar-refractivity contribution is -0.161. The van der Waals surface area contributed by atoms with Gasteiger partial charge in [0.2, 0.25) is 0 Å². The summed E-state index contributed by atoms with van der Waals surface area (Å²) in [6, 6.07) is 0. The fourth-order valence-electron chi connectivity index (χ4n) is 9.57. The van der Waals surface area contributed by atoms with Gasteiger partial charge in [-0.15, -0.1) is 0 Å². The third kappa shape index (κ3) is 57.8. The zero-order chi connectivity index (χ0) is 62.5. The van der Waals surface area contributed by atoms with Crippen molar-refractivity contribution in [3.05, 3.63) is 0 Å². The number of ether oxygens (including phenoxy) is 4. The van der Waals surface area contributed by atoms with E-state index in [-0.39, 0.29) is 25.7 Å². The van der Waals surface area contributed by atoms with Crippen LogP contribution in [-0.2, 0) is 65.4 Å². The summed E-state index contributed by atoms with van der Waals surface area (Å²) in [7, 11) is -9.89. The number of carbonyl (C=O) groups is 4. The molecule has 3 unspecified atom stereocenters. The zero-order valence-corrected chi connectivity index (χ0v) is 56.3. The van der Waals surface area contributed by atoms with Gasteiger partial charge in [0.05, 0.1) is 26.4 Å². The molecule has 0 bridgehead atoms. The Morgan fingerprint density at radius 1 is 0.333 bits per heavy atom. The monoisotopic (exact) mass is 1240 g/mol. The molecule has 0 aromatic rings. The van der Waals surface area contributed by atoms with E-state index in [1.54, 1.807) is 0 Å². The first kappa shape index (κ1) is 82.1. The maximum Gasteiger partial charge on any atom is 0.472 e. The highest BCUT2D eigenvalue weighted by atomic mass is 31.2. The van der Waals surface area contributed by atoms with Gasteiger partial charge in [-0.25, -0.2) is 9.13 Å². The Morgan fingerprint density at radius 2 is 0.571 bits per heavy atom. The van der Waals surface area contributed by atoms with E-state index in [2.05, 4.69) is 55.4 Å². The number of esters is 4. The summed E-state index contributed by atoms with van der Waals surface area (Å²) in [5, 5.41) is 10.5. The summed E-state index contributed by atoms with van der Waals surface area (Å²) in [4.78, 5) is 72.2. The maximum absolute atomic E-state index is 13.0. The number of aliphatic hydroxyl groups is 1. The summed E-state index contributed by atoms with van der Waals surface area (Å²) >= 11 is 0. The van der Waals surface area contributed by atoms with E-state index in [9.17, 15) is 43.2 Å². The first-order chi connectivity index (χ1) is 40.1. The predicted octanol–water partition coefficient (Wildman–Crippen LogP) is 17.8. The molecule has 0 heterocycles. The molecule has 6 atom stereocenters. The largest absolute Gasteiger partial charge is 0.472 e. The summed E-state index contributed by atoms with van der Waals surface area (Å²) in [5.41, 5.74) is 0. The molecule has 0 aliphatic carbocycles. The molecule has 84 heavy (non-hydrogen) atoms. The predicted molar refractivity (Wildman–Crippen MR) is 335 cm³/mol. The van der Waals surface area contributed by atoms with Crippen LogP contribution in [0.3, 0.4) is 0 Å². The number of hydrogen-bond donors (Lipinski definition) is 3. The standard InChI is InChI=1S/C65H126O17P2/c1-9-58(8)44-36-28-22-24-32-40-48-65(70)82-61(51-75-62(67)45-37-29-20-16-18-26-34-42-56(4)5)54-80-84(73,74)78-50-59(66)49-77-83(71,72)79-53-60(52-76-63(68)46-38-30-23-21-27-35-43-57(6)7)81-64(69)47-39-31-19-15-13-11-10-12-14-17-25-33-41-55(2)3/h55-61,66H,9-54H2,1-8H3,(H,71,72)(H,73,74)/t58?,59-,60+,61+/m0/s1. The first-order valence-electron chi connectivity index (χ1n) is 33.7. The molecule has 0 spiro atoms. The van der Waals surface area contributed by atoms with Crippen LogP contribution in [0.4, 0.5) is 0 Å². The van der Waals surface area contributed by atoms with Crippen molar-refractivity contribution in [2.45, 2.75) is 331 Å². The van der Waals surface area contributed by atoms with Crippen LogP contribution < -0.4 is 0 Å². The van der Waals surface area contributed by atoms with Gasteiger partial charge in [0.25, 0.3) is 0 Å². The van der Waals surface area contributed by atoms with Gasteiger partial charge in [-0.2, -0.15) is 0 Å². The van der Waals surface area contributed by atoms with Crippen LogP contribution in [0, 0.1) is 23.7 Å². The van der Waals surface area contributed by atoms with Crippen LogP contribution >= 0.6 is 15.6 Å². The highest BCUT2D eigenvalue weighted by Crippen LogP contribution is 2.45. The minimum absolute atomic E-state index is 0.101. The number of carbonyl (C=O) groups excluding carboxylic acids is 4. The molecule has 0 aromatic heterocycles. The van der Waals surface area contributed by atoms with Gasteiger partial charge in [0, 0.05) is 25.7 Å². The molecule has 0 aromatic carbocycles. The van der Waals surface area contributed by atoms with Gasteiger partial charge < -0.3 is 33.8 Å². The van der Waals surface area contributed by atoms with E-state index in [1.165, 1.54) is 103 Å². The van der Waals surface area contributed by atoms with E-state index in [0.29, 0.717) is 37.5 Å². The van der Waals surface area contributed by atoms with Crippen LogP contribution in [0.25, 0.3) is 0 Å². The molecule has 0 saturated heterocycles. The van der Waals surface area contributed by atoms with Crippen molar-refractivity contribution in [1.82, 2.24) is 0 Å². The SMILES string of the molecule is CCC(C)CCCCCCCCC(=O)O[C@H](COC(=O)CCCCCCCCCC(C)C)COP(=O)(O)OC[C@@H](O)COP(=O)(O)OC[C@@H](COC(=O)CCCCCCCCC(C)C)OC(=O)CCCCCCCCCCCCCCC(C)C. The van der Waals surface area contributed by atoms with Crippen molar-refractivity contribution in [3.63, 3.8) is 0 Å². The second-order valence-electron chi connectivity index (χ2n) is 25.2. The number of unbranched alkanes of at least 4 members (excludes halogenated alkanes) is 27. The third-order valence-corrected chi connectivity index (χ3v) is 17.1. The molecular formula is C65H126O17P2. The van der Waals surface area contributed by atoms with Gasteiger partial charge in [-0.3, -0.25) is 37.3 Å². The first-order valence-corrected chi connectivity index (χ1v) is 36.7. The quantitative estimate of drug-likeness (QED) is 0.0222. The van der Waals surface area contributed by atoms with Crippen LogP contribution in [0.15, 0.2) is 0 Å². The Bertz CT molecular complexity index is 1680. The molecule has 0 fully saturated rings. The Morgan fingerprint density at radius 3 is 0.845 bits per heavy atom. The average Bonchev–Trinajstić information content (AvgIpc) is 3.44. The van der Waals surface area contributed by atoms with Crippen molar-refractivity contribution >= 4 is 39.5 Å². The van der Waals surface area contributed by atoms with Crippen molar-refractivity contribution < 1.29 is 80.2 Å². The Kier molecular flexibility index (Phi) is 53.9. The van der Waals surface area contributed by atoms with Gasteiger partial charge in [0.1, 0.15) is 19.3 Å². The molecule has 0 rings (SSSR count). The summed E-state index contributed by atoms with van der Waals surface area (Å²) in [6.07, 6.45) is 35.1. The van der Waals surface area contributed by atoms with Crippen LogP contribution in [0.5, 0.6) is 0 Å². The molecular weight excluding hydrogens is 1110 g/mol. The topological polar surface area (TPSA) is 237 Å².